The van der Waals surface area contributed by atoms with Crippen LogP contribution in [0.25, 0.3) is 5.69 Å². The number of pyridine rings is 1. The molecule has 2 aliphatic heterocycles. The summed E-state index contributed by atoms with van der Waals surface area (Å²) < 4.78 is 7.67. The topological polar surface area (TPSA) is 59.4 Å². The van der Waals surface area contributed by atoms with E-state index >= 15 is 0 Å². The zero-order chi connectivity index (χ0) is 19.1. The van der Waals surface area contributed by atoms with E-state index in [9.17, 15) is 4.79 Å². The molecule has 1 spiro atoms. The summed E-state index contributed by atoms with van der Waals surface area (Å²) in [5, 5.41) is 3.77. The number of aromatic nitrogens is 2. The minimum absolute atomic E-state index is 0.00344. The summed E-state index contributed by atoms with van der Waals surface area (Å²) in [5.41, 5.74) is 3.75. The molecule has 1 amide bonds. The van der Waals surface area contributed by atoms with Gasteiger partial charge in [-0.1, -0.05) is 6.07 Å². The number of benzene rings is 1. The molecule has 1 aromatic carbocycles. The van der Waals surface area contributed by atoms with Gasteiger partial charge < -0.3 is 19.5 Å². The van der Waals surface area contributed by atoms with E-state index in [1.54, 1.807) is 19.4 Å². The maximum Gasteiger partial charge on any atom is 0.272 e. The predicted octanol–water partition coefficient (Wildman–Crippen LogP) is 3.44. The van der Waals surface area contributed by atoms with E-state index in [0.29, 0.717) is 18.8 Å². The van der Waals surface area contributed by atoms with Gasteiger partial charge in [0.15, 0.2) is 0 Å². The van der Waals surface area contributed by atoms with Gasteiger partial charge in [-0.15, -0.1) is 0 Å². The van der Waals surface area contributed by atoms with E-state index in [2.05, 4.69) is 39.3 Å². The highest BCUT2D eigenvalue weighted by Gasteiger charge is 2.42. The quantitative estimate of drug-likeness (QED) is 0.747. The first kappa shape index (κ1) is 16.9. The second kappa shape index (κ2) is 6.41. The molecule has 5 rings (SSSR count). The van der Waals surface area contributed by atoms with Gasteiger partial charge in [0, 0.05) is 37.2 Å². The first-order chi connectivity index (χ1) is 13.7. The Morgan fingerprint density at radius 3 is 2.75 bits per heavy atom. The Hall–Kier alpha value is -3.28. The third kappa shape index (κ3) is 2.56. The normalized spacial score (nSPS) is 16.8. The third-order valence-corrected chi connectivity index (χ3v) is 5.86. The number of hydrogen-bond acceptors (Lipinski definition) is 4. The molecule has 2 aromatic heterocycles. The van der Waals surface area contributed by atoms with Crippen molar-refractivity contribution in [2.24, 2.45) is 0 Å². The number of anilines is 1. The molecule has 0 saturated carbocycles. The zero-order valence-corrected chi connectivity index (χ0v) is 15.8. The molecule has 0 unspecified atom stereocenters. The largest absolute Gasteiger partial charge is 0.497 e. The van der Waals surface area contributed by atoms with Gasteiger partial charge >= 0.3 is 0 Å². The summed E-state index contributed by atoms with van der Waals surface area (Å²) in [6, 6.07) is 15.8. The van der Waals surface area contributed by atoms with Gasteiger partial charge in [-0.3, -0.25) is 9.78 Å². The van der Waals surface area contributed by atoms with Gasteiger partial charge in [0.05, 0.1) is 24.0 Å². The first-order valence-corrected chi connectivity index (χ1v) is 9.55. The maximum atomic E-state index is 12.8. The summed E-state index contributed by atoms with van der Waals surface area (Å²) >= 11 is 0. The molecule has 142 valence electrons. The molecule has 1 N–H and O–H groups in total. The number of fused-ring (bicyclic) bond motifs is 4. The predicted molar refractivity (Wildman–Crippen MR) is 107 cm³/mol. The summed E-state index contributed by atoms with van der Waals surface area (Å²) in [6.07, 6.45) is 5.45. The summed E-state index contributed by atoms with van der Waals surface area (Å²) in [7, 11) is 1.68. The number of nitrogens with one attached hydrogen (secondary N) is 1. The number of nitrogens with zero attached hydrogens (tertiary/aromatic N) is 3. The number of carbonyl (C=O) groups excluding carboxylic acids is 1. The van der Waals surface area contributed by atoms with E-state index in [1.807, 2.05) is 29.2 Å². The van der Waals surface area contributed by atoms with E-state index in [0.717, 1.165) is 30.0 Å². The van der Waals surface area contributed by atoms with Crippen molar-refractivity contribution in [3.63, 3.8) is 0 Å². The lowest BCUT2D eigenvalue weighted by Crippen LogP contribution is -2.51. The van der Waals surface area contributed by atoms with E-state index < -0.39 is 0 Å². The SMILES string of the molecule is COc1ccc2c(c1)NC1(CCN(C(=O)c3ccccn3)CC1)c1cccn1-2. The average molecular weight is 374 g/mol. The van der Waals surface area contributed by atoms with Crippen LogP contribution in [0, 0.1) is 0 Å². The molecule has 4 heterocycles. The van der Waals surface area contributed by atoms with Crippen LogP contribution in [0.15, 0.2) is 60.9 Å². The fraction of sp³-hybridized carbons (Fsp3) is 0.273. The molecule has 1 saturated heterocycles. The number of ether oxygens (including phenoxy) is 1. The molecule has 1 fully saturated rings. The lowest BCUT2D eigenvalue weighted by Gasteiger charge is -2.46. The number of rotatable bonds is 2. The molecular weight excluding hydrogens is 352 g/mol. The van der Waals surface area contributed by atoms with Gasteiger partial charge in [-0.2, -0.15) is 0 Å². The molecule has 2 aliphatic rings. The Kier molecular flexibility index (Phi) is 3.86. The van der Waals surface area contributed by atoms with Gasteiger partial charge in [-0.05, 0) is 49.2 Å². The molecule has 6 heteroatoms. The Labute approximate surface area is 163 Å². The van der Waals surface area contributed by atoms with Crippen molar-refractivity contribution < 1.29 is 9.53 Å². The molecule has 0 radical (unpaired) electrons. The van der Waals surface area contributed by atoms with Gasteiger partial charge in [0.25, 0.3) is 5.91 Å². The molecule has 3 aromatic rings. The number of methoxy groups -OCH3 is 1. The van der Waals surface area contributed by atoms with Crippen molar-refractivity contribution in [3.05, 3.63) is 72.3 Å². The molecular formula is C22H22N4O2. The lowest BCUT2D eigenvalue weighted by molar-refractivity contribution is 0.0670. The van der Waals surface area contributed by atoms with Crippen molar-refractivity contribution in [2.75, 3.05) is 25.5 Å². The minimum Gasteiger partial charge on any atom is -0.497 e. The average Bonchev–Trinajstić information content (AvgIpc) is 3.25. The number of likely N-dealkylation sites (tertiary alicyclic amines) is 1. The number of carbonyl (C=O) groups is 1. The van der Waals surface area contributed by atoms with Crippen molar-refractivity contribution in [1.82, 2.24) is 14.5 Å². The van der Waals surface area contributed by atoms with Crippen LogP contribution in [0.2, 0.25) is 0 Å². The van der Waals surface area contributed by atoms with Crippen LogP contribution in [0.1, 0.15) is 29.0 Å². The maximum absolute atomic E-state index is 12.8. The number of hydrogen-bond donors (Lipinski definition) is 1. The smallest absolute Gasteiger partial charge is 0.272 e. The Morgan fingerprint density at radius 2 is 2.00 bits per heavy atom. The summed E-state index contributed by atoms with van der Waals surface area (Å²) in [6.45, 7) is 1.37. The second-order valence-corrected chi connectivity index (χ2v) is 7.36. The van der Waals surface area contributed by atoms with E-state index in [1.165, 1.54) is 5.69 Å². The van der Waals surface area contributed by atoms with Crippen molar-refractivity contribution in [2.45, 2.75) is 18.4 Å². The van der Waals surface area contributed by atoms with Crippen LogP contribution < -0.4 is 10.1 Å². The Balaban J connectivity index is 1.43. The standard InChI is InChI=1S/C22H22N4O2/c1-28-16-7-8-19-18(15-16)24-22(20-6-4-12-26(19)20)9-13-25(14-10-22)21(27)17-5-2-3-11-23-17/h2-8,11-12,15,24H,9-10,13-14H2,1H3. The van der Waals surface area contributed by atoms with Crippen LogP contribution in [0.4, 0.5) is 5.69 Å². The van der Waals surface area contributed by atoms with Crippen molar-refractivity contribution in [3.8, 4) is 11.4 Å². The lowest BCUT2D eigenvalue weighted by atomic mass is 9.82. The number of amides is 1. The molecule has 6 nitrogen and oxygen atoms in total. The Bertz CT molecular complexity index is 1020. The number of piperidine rings is 1. The van der Waals surface area contributed by atoms with Crippen LogP contribution in [0.3, 0.4) is 0 Å². The highest BCUT2D eigenvalue weighted by Crippen LogP contribution is 2.44. The van der Waals surface area contributed by atoms with Gasteiger partial charge in [0.1, 0.15) is 11.4 Å². The monoisotopic (exact) mass is 374 g/mol. The molecule has 28 heavy (non-hydrogen) atoms. The van der Waals surface area contributed by atoms with Crippen LogP contribution in [-0.2, 0) is 5.54 Å². The fourth-order valence-corrected chi connectivity index (χ4v) is 4.38. The minimum atomic E-state index is -0.191. The first-order valence-electron chi connectivity index (χ1n) is 9.55. The van der Waals surface area contributed by atoms with Gasteiger partial charge in [-0.25, -0.2) is 0 Å². The molecule has 0 aliphatic carbocycles. The van der Waals surface area contributed by atoms with E-state index in [4.69, 9.17) is 4.74 Å². The van der Waals surface area contributed by atoms with Gasteiger partial charge in [0.2, 0.25) is 0 Å². The highest BCUT2D eigenvalue weighted by molar-refractivity contribution is 5.92. The van der Waals surface area contributed by atoms with Crippen molar-refractivity contribution >= 4 is 11.6 Å². The van der Waals surface area contributed by atoms with E-state index in [-0.39, 0.29) is 11.4 Å². The molecule has 0 atom stereocenters. The van der Waals surface area contributed by atoms with Crippen LogP contribution in [-0.4, -0.2) is 40.6 Å². The fourth-order valence-electron chi connectivity index (χ4n) is 4.38. The summed E-state index contributed by atoms with van der Waals surface area (Å²) in [4.78, 5) is 18.9. The summed E-state index contributed by atoms with van der Waals surface area (Å²) in [5.74, 6) is 0.837. The highest BCUT2D eigenvalue weighted by atomic mass is 16.5. The zero-order valence-electron chi connectivity index (χ0n) is 15.8. The Morgan fingerprint density at radius 1 is 1.14 bits per heavy atom. The molecule has 0 bridgehead atoms. The van der Waals surface area contributed by atoms with Crippen molar-refractivity contribution in [1.29, 1.82) is 0 Å². The van der Waals surface area contributed by atoms with Crippen LogP contribution in [0.5, 0.6) is 5.75 Å². The third-order valence-electron chi connectivity index (χ3n) is 5.86. The van der Waals surface area contributed by atoms with Crippen LogP contribution >= 0.6 is 0 Å². The second-order valence-electron chi connectivity index (χ2n) is 7.36.